The zero-order valence-electron chi connectivity index (χ0n) is 14.5. The van der Waals surface area contributed by atoms with E-state index in [-0.39, 0.29) is 5.56 Å². The molecule has 3 rings (SSSR count). The fraction of sp³-hybridized carbons (Fsp3) is 0.200. The summed E-state index contributed by atoms with van der Waals surface area (Å²) in [6.07, 6.45) is 3.36. The maximum absolute atomic E-state index is 12.2. The minimum atomic E-state index is -3.27. The number of sulfone groups is 1. The van der Waals surface area contributed by atoms with Gasteiger partial charge in [-0.25, -0.2) is 13.2 Å². The monoisotopic (exact) mass is 369 g/mol. The molecule has 0 bridgehead atoms. The lowest BCUT2D eigenvalue weighted by Crippen LogP contribution is -2.11. The highest BCUT2D eigenvalue weighted by molar-refractivity contribution is 7.90. The van der Waals surface area contributed by atoms with Crippen LogP contribution in [0.1, 0.15) is 34.5 Å². The molecule has 1 unspecified atom stereocenters. The van der Waals surface area contributed by atoms with Crippen LogP contribution in [0.4, 0.5) is 0 Å². The summed E-state index contributed by atoms with van der Waals surface area (Å²) in [4.78, 5) is 15.7. The molecule has 26 heavy (non-hydrogen) atoms. The van der Waals surface area contributed by atoms with Crippen molar-refractivity contribution in [3.05, 3.63) is 65.9 Å². The number of fused-ring (bicyclic) bond motifs is 1. The van der Waals surface area contributed by atoms with Gasteiger partial charge in [0.1, 0.15) is 0 Å². The van der Waals surface area contributed by atoms with Gasteiger partial charge in [0.15, 0.2) is 9.84 Å². The molecule has 1 atom stereocenters. The molecule has 0 amide bonds. The molecule has 0 fully saturated rings. The molecule has 0 aliphatic rings. The van der Waals surface area contributed by atoms with E-state index in [2.05, 4.69) is 4.98 Å². The van der Waals surface area contributed by atoms with Crippen molar-refractivity contribution in [3.63, 3.8) is 0 Å². The van der Waals surface area contributed by atoms with Gasteiger partial charge in [0.05, 0.1) is 16.3 Å². The van der Waals surface area contributed by atoms with Crippen LogP contribution in [0.2, 0.25) is 0 Å². The van der Waals surface area contributed by atoms with Crippen LogP contribution in [0, 0.1) is 0 Å². The molecule has 2 aromatic carbocycles. The average Bonchev–Trinajstić information content (AvgIpc) is 2.60. The van der Waals surface area contributed by atoms with Crippen molar-refractivity contribution < 1.29 is 18.3 Å². The minimum absolute atomic E-state index is 0.173. The van der Waals surface area contributed by atoms with E-state index in [1.54, 1.807) is 30.5 Å². The van der Waals surface area contributed by atoms with Gasteiger partial charge >= 0.3 is 5.97 Å². The second-order valence-electron chi connectivity index (χ2n) is 6.26. The van der Waals surface area contributed by atoms with Gasteiger partial charge in [-0.15, -0.1) is 0 Å². The topological polar surface area (TPSA) is 84.3 Å². The summed E-state index contributed by atoms with van der Waals surface area (Å²) in [5.74, 6) is -1.01. The van der Waals surface area contributed by atoms with Gasteiger partial charge in [-0.1, -0.05) is 25.1 Å². The third-order valence-corrected chi connectivity index (χ3v) is 6.05. The maximum atomic E-state index is 12.2. The summed E-state index contributed by atoms with van der Waals surface area (Å²) >= 11 is 0. The predicted octanol–water partition coefficient (Wildman–Crippen LogP) is 4.10. The average molecular weight is 369 g/mol. The number of rotatable bonds is 5. The lowest BCUT2D eigenvalue weighted by molar-refractivity contribution is 0.0697. The molecule has 0 saturated carbocycles. The van der Waals surface area contributed by atoms with E-state index >= 15 is 0 Å². The van der Waals surface area contributed by atoms with E-state index in [0.717, 1.165) is 10.9 Å². The Kier molecular flexibility index (Phi) is 4.78. The van der Waals surface area contributed by atoms with E-state index in [4.69, 9.17) is 0 Å². The summed E-state index contributed by atoms with van der Waals surface area (Å²) in [5.41, 5.74) is 2.99. The fourth-order valence-corrected chi connectivity index (χ4v) is 4.46. The largest absolute Gasteiger partial charge is 0.478 e. The molecule has 3 aromatic rings. The number of hydrogen-bond acceptors (Lipinski definition) is 4. The van der Waals surface area contributed by atoms with Crippen LogP contribution in [0.3, 0.4) is 0 Å². The van der Waals surface area contributed by atoms with Crippen molar-refractivity contribution in [1.82, 2.24) is 4.98 Å². The van der Waals surface area contributed by atoms with Gasteiger partial charge in [-0.05, 0) is 47.9 Å². The number of benzene rings is 2. The smallest absolute Gasteiger partial charge is 0.335 e. The van der Waals surface area contributed by atoms with Gasteiger partial charge in [-0.3, -0.25) is 4.98 Å². The van der Waals surface area contributed by atoms with Crippen molar-refractivity contribution in [3.8, 4) is 11.1 Å². The molecule has 0 aliphatic heterocycles. The highest BCUT2D eigenvalue weighted by atomic mass is 32.2. The number of nitrogens with zero attached hydrogens (tertiary/aromatic N) is 1. The summed E-state index contributed by atoms with van der Waals surface area (Å²) in [5, 5.41) is 9.47. The normalized spacial score (nSPS) is 12.8. The number of aromatic nitrogens is 1. The van der Waals surface area contributed by atoms with Crippen molar-refractivity contribution in [1.29, 1.82) is 0 Å². The third kappa shape index (κ3) is 3.46. The van der Waals surface area contributed by atoms with Crippen molar-refractivity contribution in [2.24, 2.45) is 0 Å². The molecule has 0 radical (unpaired) electrons. The number of carboxylic acids is 1. The number of hydrogen-bond donors (Lipinski definition) is 1. The Balaban J connectivity index is 2.31. The molecule has 134 valence electrons. The summed E-state index contributed by atoms with van der Waals surface area (Å²) < 4.78 is 24.4. The van der Waals surface area contributed by atoms with E-state index in [1.807, 2.05) is 25.1 Å². The van der Waals surface area contributed by atoms with Gasteiger partial charge in [0.25, 0.3) is 0 Å². The van der Waals surface area contributed by atoms with Crippen LogP contribution < -0.4 is 0 Å². The molecule has 0 saturated heterocycles. The van der Waals surface area contributed by atoms with Gasteiger partial charge < -0.3 is 5.11 Å². The first-order valence-corrected chi connectivity index (χ1v) is 10.2. The first-order chi connectivity index (χ1) is 12.3. The minimum Gasteiger partial charge on any atom is -0.478 e. The molecule has 1 N–H and O–H groups in total. The van der Waals surface area contributed by atoms with Gasteiger partial charge in [-0.2, -0.15) is 0 Å². The maximum Gasteiger partial charge on any atom is 0.335 e. The van der Waals surface area contributed by atoms with Crippen LogP contribution in [0.5, 0.6) is 0 Å². The molecule has 5 nitrogen and oxygen atoms in total. The number of pyridine rings is 1. The van der Waals surface area contributed by atoms with Gasteiger partial charge in [0.2, 0.25) is 0 Å². The molecule has 1 aromatic heterocycles. The number of carboxylic acid groups (broad SMARTS) is 1. The standard InChI is InChI=1S/C20H19NO4S/c1-3-18(26(2,24)25)16-11-14-8-5-9-21-19(14)17(12-16)13-6-4-7-15(10-13)20(22)23/h4-12,18H,3H2,1-2H3,(H,22,23). The Morgan fingerprint density at radius 1 is 1.15 bits per heavy atom. The summed E-state index contributed by atoms with van der Waals surface area (Å²) in [6.45, 7) is 1.84. The first-order valence-electron chi connectivity index (χ1n) is 8.22. The zero-order valence-corrected chi connectivity index (χ0v) is 15.3. The second kappa shape index (κ2) is 6.88. The van der Waals surface area contributed by atoms with E-state index < -0.39 is 21.1 Å². The Labute approximate surface area is 152 Å². The Morgan fingerprint density at radius 2 is 1.92 bits per heavy atom. The van der Waals surface area contributed by atoms with E-state index in [1.165, 1.54) is 12.3 Å². The molecule has 0 aliphatic carbocycles. The lowest BCUT2D eigenvalue weighted by Gasteiger charge is -2.16. The van der Waals surface area contributed by atoms with Crippen LogP contribution in [0.25, 0.3) is 22.0 Å². The predicted molar refractivity (Wildman–Crippen MR) is 102 cm³/mol. The summed E-state index contributed by atoms with van der Waals surface area (Å²) in [6, 6.07) is 13.9. The van der Waals surface area contributed by atoms with Crippen LogP contribution in [0.15, 0.2) is 54.7 Å². The second-order valence-corrected chi connectivity index (χ2v) is 8.48. The molecular formula is C20H19NO4S. The molecular weight excluding hydrogens is 350 g/mol. The van der Waals surface area contributed by atoms with Crippen LogP contribution in [-0.2, 0) is 9.84 Å². The highest BCUT2D eigenvalue weighted by Crippen LogP contribution is 2.34. The van der Waals surface area contributed by atoms with Crippen molar-refractivity contribution >= 4 is 26.7 Å². The third-order valence-electron chi connectivity index (χ3n) is 4.41. The Hall–Kier alpha value is -2.73. The SMILES string of the molecule is CCC(c1cc(-c2cccc(C(=O)O)c2)c2ncccc2c1)S(C)(=O)=O. The molecule has 0 spiro atoms. The van der Waals surface area contributed by atoms with E-state index in [9.17, 15) is 18.3 Å². The highest BCUT2D eigenvalue weighted by Gasteiger charge is 2.22. The first kappa shape index (κ1) is 18.1. The van der Waals surface area contributed by atoms with Gasteiger partial charge in [0, 0.05) is 23.4 Å². The zero-order chi connectivity index (χ0) is 18.9. The molecule has 6 heteroatoms. The lowest BCUT2D eigenvalue weighted by atomic mass is 9.96. The Bertz CT molecular complexity index is 1090. The number of aromatic carboxylic acids is 1. The van der Waals surface area contributed by atoms with E-state index in [0.29, 0.717) is 23.1 Å². The van der Waals surface area contributed by atoms with Crippen LogP contribution in [-0.4, -0.2) is 30.7 Å². The summed E-state index contributed by atoms with van der Waals surface area (Å²) in [7, 11) is -3.27. The quantitative estimate of drug-likeness (QED) is 0.732. The van der Waals surface area contributed by atoms with Crippen molar-refractivity contribution in [2.45, 2.75) is 18.6 Å². The Morgan fingerprint density at radius 3 is 2.58 bits per heavy atom. The fourth-order valence-electron chi connectivity index (χ4n) is 3.23. The van der Waals surface area contributed by atoms with Crippen molar-refractivity contribution in [2.75, 3.05) is 6.26 Å². The molecule has 1 heterocycles. The van der Waals surface area contributed by atoms with Crippen LogP contribution >= 0.6 is 0 Å². The number of carbonyl (C=O) groups is 1.